The Morgan fingerprint density at radius 1 is 0.441 bits per heavy atom. The summed E-state index contributed by atoms with van der Waals surface area (Å²) in [5, 5.41) is 9.84. The van der Waals surface area contributed by atoms with Crippen LogP contribution in [0.25, 0.3) is 71.0 Å². The SMILES string of the molecule is c1ccc2cc3c(cc2c1)c1ccccc1n3-c1ccc2oc3ccc4ccccc4c3c2c1. The van der Waals surface area contributed by atoms with Crippen molar-refractivity contribution >= 4 is 65.3 Å². The van der Waals surface area contributed by atoms with Gasteiger partial charge in [-0.3, -0.25) is 0 Å². The maximum atomic E-state index is 6.26. The number of fused-ring (bicyclic) bond motifs is 9. The van der Waals surface area contributed by atoms with E-state index in [9.17, 15) is 0 Å². The summed E-state index contributed by atoms with van der Waals surface area (Å²) in [6.45, 7) is 0. The summed E-state index contributed by atoms with van der Waals surface area (Å²) >= 11 is 0. The lowest BCUT2D eigenvalue weighted by Crippen LogP contribution is -1.93. The second-order valence-electron chi connectivity index (χ2n) is 9.01. The smallest absolute Gasteiger partial charge is 0.136 e. The molecule has 2 heterocycles. The van der Waals surface area contributed by atoms with Crippen LogP contribution in [0.4, 0.5) is 0 Å². The highest BCUT2D eigenvalue weighted by atomic mass is 16.3. The van der Waals surface area contributed by atoms with Crippen LogP contribution in [0.15, 0.2) is 120 Å². The third kappa shape index (κ3) is 2.35. The van der Waals surface area contributed by atoms with Gasteiger partial charge in [-0.25, -0.2) is 0 Å². The van der Waals surface area contributed by atoms with Crippen molar-refractivity contribution in [1.82, 2.24) is 4.57 Å². The van der Waals surface area contributed by atoms with E-state index in [-0.39, 0.29) is 0 Å². The van der Waals surface area contributed by atoms with Gasteiger partial charge in [0.2, 0.25) is 0 Å². The van der Waals surface area contributed by atoms with Crippen LogP contribution in [-0.4, -0.2) is 4.57 Å². The molecule has 34 heavy (non-hydrogen) atoms. The van der Waals surface area contributed by atoms with Crippen molar-refractivity contribution in [3.8, 4) is 5.69 Å². The monoisotopic (exact) mass is 433 g/mol. The molecule has 0 unspecified atom stereocenters. The van der Waals surface area contributed by atoms with Gasteiger partial charge in [0.1, 0.15) is 11.2 Å². The van der Waals surface area contributed by atoms with Crippen molar-refractivity contribution in [2.75, 3.05) is 0 Å². The molecule has 0 amide bonds. The Hall–Kier alpha value is -4.56. The molecule has 0 radical (unpaired) electrons. The minimum absolute atomic E-state index is 0.918. The van der Waals surface area contributed by atoms with Crippen molar-refractivity contribution < 1.29 is 4.42 Å². The number of para-hydroxylation sites is 1. The third-order valence-electron chi connectivity index (χ3n) is 7.14. The van der Waals surface area contributed by atoms with E-state index < -0.39 is 0 Å². The highest BCUT2D eigenvalue weighted by Crippen LogP contribution is 2.38. The number of furan rings is 1. The van der Waals surface area contributed by atoms with Crippen molar-refractivity contribution in [1.29, 1.82) is 0 Å². The summed E-state index contributed by atoms with van der Waals surface area (Å²) in [5.74, 6) is 0. The van der Waals surface area contributed by atoms with Crippen LogP contribution >= 0.6 is 0 Å². The molecule has 6 aromatic carbocycles. The van der Waals surface area contributed by atoms with Crippen LogP contribution in [0, 0.1) is 0 Å². The average molecular weight is 434 g/mol. The van der Waals surface area contributed by atoms with Crippen LogP contribution < -0.4 is 0 Å². The second kappa shape index (κ2) is 6.49. The fraction of sp³-hybridized carbons (Fsp3) is 0. The fourth-order valence-electron chi connectivity index (χ4n) is 5.61. The summed E-state index contributed by atoms with van der Waals surface area (Å²) in [6, 6.07) is 41.3. The Kier molecular flexibility index (Phi) is 3.42. The van der Waals surface area contributed by atoms with Gasteiger partial charge < -0.3 is 8.98 Å². The first kappa shape index (κ1) is 17.9. The number of nitrogens with zero attached hydrogens (tertiary/aromatic N) is 1. The van der Waals surface area contributed by atoms with Crippen molar-refractivity contribution in [2.45, 2.75) is 0 Å². The summed E-state index contributed by atoms with van der Waals surface area (Å²) < 4.78 is 8.65. The Morgan fingerprint density at radius 3 is 2.03 bits per heavy atom. The predicted molar refractivity (Wildman–Crippen MR) is 143 cm³/mol. The molecule has 0 atom stereocenters. The van der Waals surface area contributed by atoms with Gasteiger partial charge in [-0.2, -0.15) is 0 Å². The van der Waals surface area contributed by atoms with Crippen LogP contribution in [0.5, 0.6) is 0 Å². The highest BCUT2D eigenvalue weighted by molar-refractivity contribution is 6.19. The molecule has 0 fully saturated rings. The van der Waals surface area contributed by atoms with Crippen LogP contribution in [0.1, 0.15) is 0 Å². The van der Waals surface area contributed by atoms with Crippen molar-refractivity contribution in [3.63, 3.8) is 0 Å². The van der Waals surface area contributed by atoms with Crippen molar-refractivity contribution in [3.05, 3.63) is 115 Å². The van der Waals surface area contributed by atoms with Gasteiger partial charge in [0.25, 0.3) is 0 Å². The molecular formula is C32H19NO. The molecule has 158 valence electrons. The number of rotatable bonds is 1. The number of benzene rings is 6. The minimum Gasteiger partial charge on any atom is -0.456 e. The van der Waals surface area contributed by atoms with Crippen LogP contribution in [0.2, 0.25) is 0 Å². The summed E-state index contributed by atoms with van der Waals surface area (Å²) in [4.78, 5) is 0. The second-order valence-corrected chi connectivity index (χ2v) is 9.01. The lowest BCUT2D eigenvalue weighted by atomic mass is 10.0. The van der Waals surface area contributed by atoms with Gasteiger partial charge in [-0.1, -0.05) is 72.8 Å². The molecule has 0 saturated carbocycles. The quantitative estimate of drug-likeness (QED) is 0.253. The number of aromatic nitrogens is 1. The first-order chi connectivity index (χ1) is 16.8. The van der Waals surface area contributed by atoms with E-state index in [4.69, 9.17) is 4.42 Å². The van der Waals surface area contributed by atoms with Gasteiger partial charge in [0, 0.05) is 27.2 Å². The van der Waals surface area contributed by atoms with Gasteiger partial charge in [-0.05, 0) is 64.0 Å². The number of hydrogen-bond acceptors (Lipinski definition) is 1. The first-order valence-electron chi connectivity index (χ1n) is 11.6. The molecule has 0 spiro atoms. The molecule has 2 aromatic heterocycles. The average Bonchev–Trinajstić information content (AvgIpc) is 3.42. The van der Waals surface area contributed by atoms with Crippen molar-refractivity contribution in [2.24, 2.45) is 0 Å². The number of hydrogen-bond donors (Lipinski definition) is 0. The third-order valence-corrected chi connectivity index (χ3v) is 7.14. The topological polar surface area (TPSA) is 18.1 Å². The summed E-state index contributed by atoms with van der Waals surface area (Å²) in [7, 11) is 0. The van der Waals surface area contributed by atoms with E-state index in [0.717, 1.165) is 22.2 Å². The standard InChI is InChI=1S/C32H19NO/c1-2-9-22-18-29-26(17-21(22)8-1)25-11-5-6-12-28(25)33(29)23-14-16-30-27(19-23)32-24-10-4-3-7-20(24)13-15-31(32)34-30/h1-19H. The Labute approximate surface area is 195 Å². The lowest BCUT2D eigenvalue weighted by molar-refractivity contribution is 0.669. The molecular weight excluding hydrogens is 414 g/mol. The van der Waals surface area contributed by atoms with Gasteiger partial charge in [0.15, 0.2) is 0 Å². The fourth-order valence-corrected chi connectivity index (χ4v) is 5.61. The predicted octanol–water partition coefficient (Wildman–Crippen LogP) is 8.99. The van der Waals surface area contributed by atoms with Gasteiger partial charge in [0.05, 0.1) is 11.0 Å². The first-order valence-corrected chi connectivity index (χ1v) is 11.6. The zero-order valence-electron chi connectivity index (χ0n) is 18.3. The van der Waals surface area contributed by atoms with E-state index in [0.29, 0.717) is 0 Å². The Balaban J connectivity index is 1.52. The molecule has 0 saturated heterocycles. The molecule has 0 bridgehead atoms. The summed E-state index contributed by atoms with van der Waals surface area (Å²) in [5.41, 5.74) is 5.42. The molecule has 0 aliphatic carbocycles. The van der Waals surface area contributed by atoms with E-state index in [1.807, 2.05) is 0 Å². The van der Waals surface area contributed by atoms with E-state index >= 15 is 0 Å². The van der Waals surface area contributed by atoms with E-state index in [2.05, 4.69) is 120 Å². The molecule has 0 aliphatic heterocycles. The van der Waals surface area contributed by atoms with Gasteiger partial charge >= 0.3 is 0 Å². The van der Waals surface area contributed by atoms with Crippen LogP contribution in [0.3, 0.4) is 0 Å². The normalized spacial score (nSPS) is 12.1. The molecule has 2 heteroatoms. The maximum Gasteiger partial charge on any atom is 0.136 e. The van der Waals surface area contributed by atoms with E-state index in [1.54, 1.807) is 0 Å². The molecule has 8 rings (SSSR count). The Bertz CT molecular complexity index is 2070. The molecule has 8 aromatic rings. The zero-order chi connectivity index (χ0) is 22.2. The maximum absolute atomic E-state index is 6.26. The van der Waals surface area contributed by atoms with Gasteiger partial charge in [-0.15, -0.1) is 0 Å². The molecule has 0 aliphatic rings. The lowest BCUT2D eigenvalue weighted by Gasteiger charge is -2.09. The minimum atomic E-state index is 0.918. The molecule has 2 nitrogen and oxygen atoms in total. The Morgan fingerprint density at radius 2 is 1.15 bits per heavy atom. The highest BCUT2D eigenvalue weighted by Gasteiger charge is 2.16. The molecule has 0 N–H and O–H groups in total. The summed E-state index contributed by atoms with van der Waals surface area (Å²) in [6.07, 6.45) is 0. The van der Waals surface area contributed by atoms with Crippen LogP contribution in [-0.2, 0) is 0 Å². The largest absolute Gasteiger partial charge is 0.456 e. The zero-order valence-corrected chi connectivity index (χ0v) is 18.3. The van der Waals surface area contributed by atoms with E-state index in [1.165, 1.54) is 48.7 Å².